The van der Waals surface area contributed by atoms with E-state index in [0.717, 1.165) is 35.9 Å². The van der Waals surface area contributed by atoms with Crippen LogP contribution in [0.5, 0.6) is 5.75 Å². The largest absolute Gasteiger partial charge is 1.00 e. The average Bonchev–Trinajstić information content (AvgIpc) is 2.71. The van der Waals surface area contributed by atoms with E-state index in [4.69, 9.17) is 10.5 Å². The number of anilines is 1. The van der Waals surface area contributed by atoms with Gasteiger partial charge in [0.05, 0.1) is 17.4 Å². The molecule has 3 N–H and O–H groups in total. The molecule has 148 valence electrons. The number of hydrogen-bond acceptors (Lipinski definition) is 6. The maximum atomic E-state index is 9.32. The van der Waals surface area contributed by atoms with Crippen LogP contribution in [0.4, 0.5) is 11.8 Å². The molecule has 0 aliphatic carbocycles. The molecule has 0 spiro atoms. The summed E-state index contributed by atoms with van der Waals surface area (Å²) in [7, 11) is 0. The van der Waals surface area contributed by atoms with Gasteiger partial charge < -0.3 is 25.9 Å². The first-order valence-corrected chi connectivity index (χ1v) is 9.61. The summed E-state index contributed by atoms with van der Waals surface area (Å²) in [6.45, 7) is 2.49. The number of pyridine rings is 1. The van der Waals surface area contributed by atoms with E-state index in [1.165, 1.54) is 6.20 Å². The zero-order valence-electron chi connectivity index (χ0n) is 17.1. The van der Waals surface area contributed by atoms with E-state index < -0.39 is 0 Å². The van der Waals surface area contributed by atoms with Gasteiger partial charge in [0.2, 0.25) is 0 Å². The van der Waals surface area contributed by atoms with E-state index in [1.807, 2.05) is 36.4 Å². The standard InChI is InChI=1S/C21H26N5O2.K/c1-2-3-7-16(11-12-27)25-20-19(13-23-21(22)26-20)28-14-17-10-9-15-6-4-5-8-18(15)24-17;/h4-6,8-10,13,16,27H,2-3,7,11-12,14H2,1H3,(H2-,22,23,25,26);/q-1;+1/t16-;/m0./s1. The second-order valence-corrected chi connectivity index (χ2v) is 6.64. The third-order valence-corrected chi connectivity index (χ3v) is 4.44. The average molecular weight is 420 g/mol. The summed E-state index contributed by atoms with van der Waals surface area (Å²) < 4.78 is 5.91. The van der Waals surface area contributed by atoms with Crippen LogP contribution in [-0.2, 0) is 6.61 Å². The van der Waals surface area contributed by atoms with Crippen molar-refractivity contribution in [3.8, 4) is 5.75 Å². The first kappa shape index (κ1) is 24.0. The maximum absolute atomic E-state index is 9.32. The Bertz CT molecular complexity index is 909. The van der Waals surface area contributed by atoms with Gasteiger partial charge in [-0.05, 0) is 30.4 Å². The molecule has 0 bridgehead atoms. The summed E-state index contributed by atoms with van der Waals surface area (Å²) >= 11 is 0. The molecule has 0 aliphatic rings. The number of aliphatic hydroxyl groups is 1. The molecule has 1 aromatic carbocycles. The molecule has 0 unspecified atom stereocenters. The Labute approximate surface area is 213 Å². The van der Waals surface area contributed by atoms with Gasteiger partial charge in [-0.1, -0.05) is 50.5 Å². The van der Waals surface area contributed by atoms with E-state index in [0.29, 0.717) is 18.0 Å². The van der Waals surface area contributed by atoms with E-state index in [1.54, 1.807) is 0 Å². The molecule has 8 heteroatoms. The fourth-order valence-corrected chi connectivity index (χ4v) is 2.94. The quantitative estimate of drug-likeness (QED) is 0.477. The van der Waals surface area contributed by atoms with Crippen molar-refractivity contribution in [3.63, 3.8) is 0 Å². The van der Waals surface area contributed by atoms with Crippen molar-refractivity contribution in [2.45, 2.75) is 45.3 Å². The third kappa shape index (κ3) is 7.16. The minimum absolute atomic E-state index is 0. The summed E-state index contributed by atoms with van der Waals surface area (Å²) in [5.41, 5.74) is 7.47. The van der Waals surface area contributed by atoms with Crippen LogP contribution < -0.4 is 61.9 Å². The van der Waals surface area contributed by atoms with Crippen LogP contribution in [0.25, 0.3) is 16.2 Å². The molecular weight excluding hydrogens is 393 g/mol. The normalized spacial score (nSPS) is 11.7. The Kier molecular flexibility index (Phi) is 10.3. The predicted molar refractivity (Wildman–Crippen MR) is 111 cm³/mol. The fourth-order valence-electron chi connectivity index (χ4n) is 2.94. The number of unbranched alkanes of at least 4 members (excludes halogenated alkanes) is 1. The van der Waals surface area contributed by atoms with Gasteiger partial charge in [-0.25, -0.2) is 9.97 Å². The van der Waals surface area contributed by atoms with E-state index in [-0.39, 0.29) is 76.6 Å². The fraction of sp³-hybridized carbons (Fsp3) is 0.381. The van der Waals surface area contributed by atoms with Crippen molar-refractivity contribution < 1.29 is 61.2 Å². The van der Waals surface area contributed by atoms with Gasteiger partial charge in [-0.15, -0.1) is 0 Å². The zero-order chi connectivity index (χ0) is 19.8. The molecule has 3 rings (SSSR count). The second kappa shape index (κ2) is 12.4. The number of aromatic nitrogens is 3. The number of hydrogen-bond donors (Lipinski definition) is 2. The van der Waals surface area contributed by atoms with Crippen molar-refractivity contribution in [1.29, 1.82) is 0 Å². The molecule has 0 saturated carbocycles. The summed E-state index contributed by atoms with van der Waals surface area (Å²) in [6.07, 6.45) is 5.10. The van der Waals surface area contributed by atoms with Crippen molar-refractivity contribution in [3.05, 3.63) is 53.6 Å². The summed E-state index contributed by atoms with van der Waals surface area (Å²) in [5, 5.41) is 15.1. The van der Waals surface area contributed by atoms with Crippen LogP contribution in [0.15, 0.2) is 42.6 Å². The molecule has 2 aromatic heterocycles. The monoisotopic (exact) mass is 419 g/mol. The summed E-state index contributed by atoms with van der Waals surface area (Å²) in [5.74, 6) is 1.03. The molecule has 0 amide bonds. The number of ether oxygens (including phenoxy) is 1. The number of nitrogens with zero attached hydrogens (tertiary/aromatic N) is 4. The molecule has 0 aliphatic heterocycles. The number of rotatable bonds is 10. The Morgan fingerprint density at radius 3 is 2.76 bits per heavy atom. The molecule has 0 saturated heterocycles. The third-order valence-electron chi connectivity index (χ3n) is 4.44. The number of nitrogens with two attached hydrogens (primary N) is 1. The van der Waals surface area contributed by atoms with E-state index >= 15 is 0 Å². The molecule has 0 radical (unpaired) electrons. The number of nitrogen functional groups attached to an aromatic ring is 1. The van der Waals surface area contributed by atoms with Gasteiger partial charge in [0.1, 0.15) is 18.3 Å². The van der Waals surface area contributed by atoms with Gasteiger partial charge >= 0.3 is 51.4 Å². The van der Waals surface area contributed by atoms with Crippen LogP contribution in [0.1, 0.15) is 38.3 Å². The first-order valence-electron chi connectivity index (χ1n) is 9.61. The van der Waals surface area contributed by atoms with Crippen LogP contribution in [0, 0.1) is 0 Å². The Morgan fingerprint density at radius 1 is 1.14 bits per heavy atom. The van der Waals surface area contributed by atoms with Gasteiger partial charge in [0.25, 0.3) is 0 Å². The number of para-hydroxylation sites is 1. The number of fused-ring (bicyclic) bond motifs is 1. The molecular formula is C21H26KN5O2. The van der Waals surface area contributed by atoms with Gasteiger partial charge in [-0.2, -0.15) is 0 Å². The maximum Gasteiger partial charge on any atom is 1.00 e. The van der Waals surface area contributed by atoms with Crippen molar-refractivity contribution in [1.82, 2.24) is 15.0 Å². The topological polar surface area (TPSA) is 108 Å². The molecule has 0 fully saturated rings. The molecule has 29 heavy (non-hydrogen) atoms. The Balaban J connectivity index is 0.00000300. The van der Waals surface area contributed by atoms with Gasteiger partial charge in [0, 0.05) is 12.0 Å². The van der Waals surface area contributed by atoms with Crippen LogP contribution >= 0.6 is 0 Å². The smallest absolute Gasteiger partial charge is 0.486 e. The number of benzene rings is 1. The van der Waals surface area contributed by atoms with Crippen LogP contribution in [0.2, 0.25) is 0 Å². The van der Waals surface area contributed by atoms with Crippen LogP contribution in [0.3, 0.4) is 0 Å². The van der Waals surface area contributed by atoms with E-state index in [2.05, 4.69) is 27.2 Å². The Hall–Kier alpha value is -1.29. The zero-order valence-corrected chi connectivity index (χ0v) is 20.2. The minimum Gasteiger partial charge on any atom is -0.486 e. The number of aliphatic hydroxyl groups excluding tert-OH is 1. The molecule has 1 atom stereocenters. The molecule has 7 nitrogen and oxygen atoms in total. The van der Waals surface area contributed by atoms with Crippen molar-refractivity contribution >= 4 is 22.7 Å². The second-order valence-electron chi connectivity index (χ2n) is 6.64. The summed E-state index contributed by atoms with van der Waals surface area (Å²) in [6, 6.07) is 11.9. The first-order chi connectivity index (χ1) is 13.7. The van der Waals surface area contributed by atoms with Crippen molar-refractivity contribution in [2.75, 3.05) is 12.3 Å². The molecule has 3 aromatic rings. The molecule has 2 heterocycles. The van der Waals surface area contributed by atoms with Crippen molar-refractivity contribution in [2.24, 2.45) is 0 Å². The van der Waals surface area contributed by atoms with Crippen LogP contribution in [-0.4, -0.2) is 32.7 Å². The van der Waals surface area contributed by atoms with Gasteiger partial charge in [0.15, 0.2) is 0 Å². The SMILES string of the molecule is CCCC[C@@H](CCO)[N-]c1nc(N)ncc1OCc1ccc2ccccc2n1.[K+]. The predicted octanol–water partition coefficient (Wildman–Crippen LogP) is 1.14. The van der Waals surface area contributed by atoms with E-state index in [9.17, 15) is 5.11 Å². The summed E-state index contributed by atoms with van der Waals surface area (Å²) in [4.78, 5) is 12.9. The van der Waals surface area contributed by atoms with Gasteiger partial charge in [-0.3, -0.25) is 0 Å². The Morgan fingerprint density at radius 2 is 1.97 bits per heavy atom. The minimum atomic E-state index is -0.0274.